The van der Waals surface area contributed by atoms with Crippen molar-refractivity contribution in [1.82, 2.24) is 15.0 Å². The van der Waals surface area contributed by atoms with Crippen LogP contribution in [0.15, 0.2) is 42.5 Å². The Balaban J connectivity index is 1.33. The molecule has 0 N–H and O–H groups in total. The van der Waals surface area contributed by atoms with Gasteiger partial charge >= 0.3 is 0 Å². The lowest BCUT2D eigenvalue weighted by atomic mass is 9.61. The van der Waals surface area contributed by atoms with Crippen LogP contribution in [-0.2, 0) is 10.8 Å². The second-order valence-electron chi connectivity index (χ2n) is 12.3. The summed E-state index contributed by atoms with van der Waals surface area (Å²) in [6, 6.07) is 15.5. The Kier molecular flexibility index (Phi) is 4.42. The molecule has 8 rings (SSSR count). The molecule has 5 aliphatic rings. The van der Waals surface area contributed by atoms with E-state index in [0.717, 1.165) is 40.9 Å². The number of fused-ring (bicyclic) bond motifs is 4. The minimum Gasteiger partial charge on any atom is -0.212 e. The molecule has 0 spiro atoms. The molecule has 2 aromatic carbocycles. The molecule has 4 bridgehead atoms. The first-order chi connectivity index (χ1) is 16.3. The zero-order chi connectivity index (χ0) is 23.2. The van der Waals surface area contributed by atoms with Gasteiger partial charge in [-0.15, -0.1) is 0 Å². The Morgan fingerprint density at radius 3 is 2.35 bits per heavy atom. The van der Waals surface area contributed by atoms with Crippen molar-refractivity contribution in [3.05, 3.63) is 64.7 Å². The van der Waals surface area contributed by atoms with Crippen molar-refractivity contribution in [2.45, 2.75) is 70.1 Å². The van der Waals surface area contributed by atoms with Crippen LogP contribution in [0.4, 0.5) is 0 Å². The lowest BCUT2D eigenvalue weighted by molar-refractivity contribution is 0.106. The number of nitrogens with zero attached hydrogens (tertiary/aromatic N) is 3. The van der Waals surface area contributed by atoms with Gasteiger partial charge in [0, 0.05) is 16.4 Å². The summed E-state index contributed by atoms with van der Waals surface area (Å²) >= 11 is 6.60. The molecule has 0 radical (unpaired) electrons. The minimum absolute atomic E-state index is 0.0470. The average Bonchev–Trinajstić information content (AvgIpc) is 2.92. The molecular formula is C30H32ClN3. The van der Waals surface area contributed by atoms with E-state index in [1.807, 2.05) is 0 Å². The Bertz CT molecular complexity index is 1300. The lowest BCUT2D eigenvalue weighted by Crippen LogP contribution is -2.38. The van der Waals surface area contributed by atoms with Crippen molar-refractivity contribution in [1.29, 1.82) is 0 Å². The molecule has 4 saturated carbocycles. The highest BCUT2D eigenvalue weighted by Gasteiger charge is 2.52. The van der Waals surface area contributed by atoms with Gasteiger partial charge in [0.2, 0.25) is 5.28 Å². The molecule has 5 aliphatic carbocycles. The summed E-state index contributed by atoms with van der Waals surface area (Å²) in [5.41, 5.74) is 6.43. The van der Waals surface area contributed by atoms with Gasteiger partial charge in [-0.3, -0.25) is 0 Å². The second-order valence-corrected chi connectivity index (χ2v) is 12.6. The summed E-state index contributed by atoms with van der Waals surface area (Å²) in [6.45, 7) is 7.08. The van der Waals surface area contributed by atoms with Gasteiger partial charge in [-0.2, -0.15) is 4.98 Å². The van der Waals surface area contributed by atoms with Crippen molar-refractivity contribution < 1.29 is 0 Å². The van der Waals surface area contributed by atoms with Gasteiger partial charge in [0.1, 0.15) is 5.82 Å². The molecule has 4 fully saturated rings. The fourth-order valence-corrected chi connectivity index (χ4v) is 8.55. The van der Waals surface area contributed by atoms with E-state index in [9.17, 15) is 0 Å². The molecule has 1 heterocycles. The van der Waals surface area contributed by atoms with Crippen molar-refractivity contribution in [2.24, 2.45) is 23.7 Å². The van der Waals surface area contributed by atoms with Crippen molar-refractivity contribution in [2.75, 3.05) is 0 Å². The van der Waals surface area contributed by atoms with Crippen LogP contribution < -0.4 is 0 Å². The molecule has 174 valence electrons. The van der Waals surface area contributed by atoms with Crippen LogP contribution in [0.3, 0.4) is 0 Å². The van der Waals surface area contributed by atoms with E-state index in [-0.39, 0.29) is 10.8 Å². The quantitative estimate of drug-likeness (QED) is 0.387. The zero-order valence-electron chi connectivity index (χ0n) is 20.3. The van der Waals surface area contributed by atoms with Crippen LogP contribution in [0.25, 0.3) is 22.5 Å². The molecule has 1 aromatic heterocycles. The van der Waals surface area contributed by atoms with Crippen LogP contribution >= 0.6 is 11.6 Å². The van der Waals surface area contributed by atoms with Gasteiger partial charge in [-0.25, -0.2) is 9.97 Å². The normalized spacial score (nSPS) is 32.4. The maximum atomic E-state index is 6.60. The fourth-order valence-electron chi connectivity index (χ4n) is 8.39. The van der Waals surface area contributed by atoms with E-state index in [2.05, 4.69) is 68.2 Å². The minimum atomic E-state index is -0.0470. The number of halogens is 1. The first-order valence-electron chi connectivity index (χ1n) is 13.0. The average molecular weight is 470 g/mol. The third-order valence-electron chi connectivity index (χ3n) is 9.74. The molecule has 3 nitrogen and oxygen atoms in total. The Morgan fingerprint density at radius 1 is 0.824 bits per heavy atom. The van der Waals surface area contributed by atoms with E-state index in [1.165, 1.54) is 60.8 Å². The number of benzene rings is 2. The van der Waals surface area contributed by atoms with Crippen LogP contribution in [-0.4, -0.2) is 15.0 Å². The molecule has 3 atom stereocenters. The third kappa shape index (κ3) is 2.98. The molecule has 0 unspecified atom stereocenters. The molecule has 3 aromatic rings. The molecular weight excluding hydrogens is 438 g/mol. The maximum Gasteiger partial charge on any atom is 0.226 e. The highest BCUT2D eigenvalue weighted by molar-refractivity contribution is 6.28. The smallest absolute Gasteiger partial charge is 0.212 e. The topological polar surface area (TPSA) is 38.7 Å². The zero-order valence-corrected chi connectivity index (χ0v) is 21.1. The van der Waals surface area contributed by atoms with Gasteiger partial charge < -0.3 is 0 Å². The number of rotatable bonds is 2. The molecule has 0 amide bonds. The van der Waals surface area contributed by atoms with Gasteiger partial charge in [-0.1, -0.05) is 57.2 Å². The summed E-state index contributed by atoms with van der Waals surface area (Å²) in [4.78, 5) is 14.6. The Morgan fingerprint density at radius 2 is 1.56 bits per heavy atom. The first-order valence-corrected chi connectivity index (χ1v) is 13.4. The van der Waals surface area contributed by atoms with Crippen LogP contribution in [0.5, 0.6) is 0 Å². The largest absolute Gasteiger partial charge is 0.226 e. The van der Waals surface area contributed by atoms with Crippen molar-refractivity contribution in [3.8, 4) is 22.5 Å². The Labute approximate surface area is 207 Å². The standard InChI is InChI=1S/C30H32ClN3/c1-17-14-30(15-18-10-19(16-30)12-21(17)11-18)27-32-26(33-28(31)34-27)20-8-9-23-22-6-4-5-7-24(22)29(2,3)25(23)13-20/h4-9,13,17-19,21H,10-12,14-16H2,1-3H3/t17-,18-,19-,21?,30?/m0/s1. The monoisotopic (exact) mass is 469 g/mol. The van der Waals surface area contributed by atoms with E-state index >= 15 is 0 Å². The van der Waals surface area contributed by atoms with Gasteiger partial charge in [-0.05, 0) is 102 Å². The van der Waals surface area contributed by atoms with Crippen molar-refractivity contribution >= 4 is 11.6 Å². The van der Waals surface area contributed by atoms with Gasteiger partial charge in [0.05, 0.1) is 0 Å². The molecule has 4 heteroatoms. The molecule has 34 heavy (non-hydrogen) atoms. The Hall–Kier alpha value is -2.26. The highest BCUT2D eigenvalue weighted by atomic mass is 35.5. The van der Waals surface area contributed by atoms with E-state index in [1.54, 1.807) is 0 Å². The summed E-state index contributed by atoms with van der Waals surface area (Å²) in [7, 11) is 0. The SMILES string of the molecule is C[C@H]1CC2(c3nc(Cl)nc(-c4ccc5c(c4)C(C)(C)c4ccccc4-5)n3)C[C@@H]3CC1C[C@H](C3)C2. The third-order valence-corrected chi connectivity index (χ3v) is 9.91. The van der Waals surface area contributed by atoms with Crippen molar-refractivity contribution in [3.63, 3.8) is 0 Å². The number of hydrogen-bond acceptors (Lipinski definition) is 3. The predicted octanol–water partition coefficient (Wildman–Crippen LogP) is 7.60. The maximum absolute atomic E-state index is 6.60. The highest BCUT2D eigenvalue weighted by Crippen LogP contribution is 2.59. The summed E-state index contributed by atoms with van der Waals surface area (Å²) in [6.07, 6.45) is 7.82. The molecule has 0 aliphatic heterocycles. The second kappa shape index (κ2) is 7.13. The number of hydrogen-bond donors (Lipinski definition) is 0. The van der Waals surface area contributed by atoms with E-state index in [0.29, 0.717) is 5.28 Å². The molecule has 0 saturated heterocycles. The summed E-state index contributed by atoms with van der Waals surface area (Å²) in [5.74, 6) is 4.93. The van der Waals surface area contributed by atoms with Crippen LogP contribution in [0.1, 0.15) is 76.2 Å². The number of aromatic nitrogens is 3. The van der Waals surface area contributed by atoms with Gasteiger partial charge in [0.25, 0.3) is 0 Å². The summed E-state index contributed by atoms with van der Waals surface area (Å²) in [5, 5.41) is 0.337. The predicted molar refractivity (Wildman–Crippen MR) is 137 cm³/mol. The van der Waals surface area contributed by atoms with Crippen LogP contribution in [0.2, 0.25) is 5.28 Å². The van der Waals surface area contributed by atoms with Crippen LogP contribution in [0, 0.1) is 23.7 Å². The van der Waals surface area contributed by atoms with E-state index in [4.69, 9.17) is 21.6 Å². The fraction of sp³-hybridized carbons (Fsp3) is 0.500. The summed E-state index contributed by atoms with van der Waals surface area (Å²) < 4.78 is 0. The first kappa shape index (κ1) is 21.1. The lowest BCUT2D eigenvalue weighted by Gasteiger charge is -2.44. The van der Waals surface area contributed by atoms with Gasteiger partial charge in [0.15, 0.2) is 5.82 Å². The van der Waals surface area contributed by atoms with E-state index < -0.39 is 0 Å².